The maximum absolute atomic E-state index is 9.61. The highest BCUT2D eigenvalue weighted by Crippen LogP contribution is 2.35. The van der Waals surface area contributed by atoms with Gasteiger partial charge in [-0.2, -0.15) is 4.98 Å². The van der Waals surface area contributed by atoms with Crippen molar-refractivity contribution in [3.05, 3.63) is 11.7 Å². The largest absolute Gasteiger partial charge is 0.393 e. The fraction of sp³-hybridized carbons (Fsp3) is 0.857. The second kappa shape index (κ2) is 7.01. The van der Waals surface area contributed by atoms with Crippen molar-refractivity contribution < 1.29 is 14.4 Å². The predicted molar refractivity (Wildman–Crippen MR) is 70.6 cm³/mol. The van der Waals surface area contributed by atoms with Crippen LogP contribution >= 0.6 is 0 Å². The average molecular weight is 268 g/mol. The van der Waals surface area contributed by atoms with Gasteiger partial charge in [0, 0.05) is 7.11 Å². The first kappa shape index (κ1) is 14.5. The van der Waals surface area contributed by atoms with Crippen molar-refractivity contribution in [3.8, 4) is 0 Å². The summed E-state index contributed by atoms with van der Waals surface area (Å²) >= 11 is 0. The second-order valence-electron chi connectivity index (χ2n) is 5.37. The molecule has 1 heterocycles. The van der Waals surface area contributed by atoms with Crippen molar-refractivity contribution in [1.82, 2.24) is 10.1 Å². The van der Waals surface area contributed by atoms with Gasteiger partial charge in [0.2, 0.25) is 11.7 Å². The van der Waals surface area contributed by atoms with Gasteiger partial charge < -0.3 is 14.4 Å². The molecule has 1 aromatic rings. The van der Waals surface area contributed by atoms with Gasteiger partial charge in [-0.25, -0.2) is 0 Å². The van der Waals surface area contributed by atoms with Crippen molar-refractivity contribution in [3.63, 3.8) is 0 Å². The van der Waals surface area contributed by atoms with Crippen LogP contribution in [0.2, 0.25) is 0 Å². The third-order valence-electron chi connectivity index (χ3n) is 3.95. The Morgan fingerprint density at radius 1 is 1.37 bits per heavy atom. The number of methoxy groups -OCH3 is 1. The summed E-state index contributed by atoms with van der Waals surface area (Å²) in [5.41, 5.74) is 0. The van der Waals surface area contributed by atoms with Crippen LogP contribution in [0.4, 0.5) is 0 Å². The maximum Gasteiger partial charge on any atom is 0.229 e. The number of aliphatic hydroxyl groups excluding tert-OH is 1. The van der Waals surface area contributed by atoms with Gasteiger partial charge in [-0.15, -0.1) is 0 Å². The Bertz CT molecular complexity index is 375. The minimum absolute atomic E-state index is 0.0726. The summed E-state index contributed by atoms with van der Waals surface area (Å²) in [6.45, 7) is 1.93. The van der Waals surface area contributed by atoms with Gasteiger partial charge in [0.1, 0.15) is 6.10 Å². The lowest BCUT2D eigenvalue weighted by molar-refractivity contribution is 0.0273. The lowest BCUT2D eigenvalue weighted by Gasteiger charge is -2.26. The summed E-state index contributed by atoms with van der Waals surface area (Å²) in [7, 11) is 1.70. The van der Waals surface area contributed by atoms with Gasteiger partial charge in [0.15, 0.2) is 0 Å². The van der Waals surface area contributed by atoms with E-state index in [4.69, 9.17) is 9.26 Å². The molecule has 1 fully saturated rings. The van der Waals surface area contributed by atoms with Gasteiger partial charge in [-0.05, 0) is 25.2 Å². The molecule has 0 spiro atoms. The minimum atomic E-state index is -0.413. The van der Waals surface area contributed by atoms with Crippen molar-refractivity contribution in [2.24, 2.45) is 5.92 Å². The van der Waals surface area contributed by atoms with Crippen molar-refractivity contribution in [1.29, 1.82) is 0 Å². The first-order valence-electron chi connectivity index (χ1n) is 7.28. The number of hydrogen-bond donors (Lipinski definition) is 1. The summed E-state index contributed by atoms with van der Waals surface area (Å²) < 4.78 is 10.8. The highest BCUT2D eigenvalue weighted by atomic mass is 16.5. The van der Waals surface area contributed by atoms with E-state index in [0.717, 1.165) is 0 Å². The molecule has 2 unspecified atom stereocenters. The van der Waals surface area contributed by atoms with Crippen molar-refractivity contribution in [2.75, 3.05) is 7.11 Å². The smallest absolute Gasteiger partial charge is 0.229 e. The lowest BCUT2D eigenvalue weighted by atomic mass is 9.85. The normalized spacial score (nSPS) is 20.4. The molecule has 0 radical (unpaired) electrons. The van der Waals surface area contributed by atoms with Gasteiger partial charge in [0.25, 0.3) is 0 Å². The molecule has 19 heavy (non-hydrogen) atoms. The van der Waals surface area contributed by atoms with E-state index in [9.17, 15) is 5.11 Å². The topological polar surface area (TPSA) is 68.4 Å². The van der Waals surface area contributed by atoms with Crippen LogP contribution in [0.1, 0.15) is 63.3 Å². The van der Waals surface area contributed by atoms with Crippen LogP contribution in [-0.2, 0) is 11.2 Å². The van der Waals surface area contributed by atoms with E-state index >= 15 is 0 Å². The fourth-order valence-corrected chi connectivity index (χ4v) is 2.76. The summed E-state index contributed by atoms with van der Waals surface area (Å²) in [5, 5.41) is 13.6. The molecule has 1 saturated carbocycles. The van der Waals surface area contributed by atoms with Gasteiger partial charge >= 0.3 is 0 Å². The van der Waals surface area contributed by atoms with Gasteiger partial charge in [-0.3, -0.25) is 0 Å². The molecule has 108 valence electrons. The predicted octanol–water partition coefficient (Wildman–Crippen LogP) is 2.65. The zero-order chi connectivity index (χ0) is 13.7. The van der Waals surface area contributed by atoms with Crippen LogP contribution < -0.4 is 0 Å². The molecule has 0 aliphatic heterocycles. The van der Waals surface area contributed by atoms with Crippen LogP contribution in [-0.4, -0.2) is 28.5 Å². The van der Waals surface area contributed by atoms with Crippen LogP contribution in [0.25, 0.3) is 0 Å². The van der Waals surface area contributed by atoms with Crippen LogP contribution in [0.3, 0.4) is 0 Å². The monoisotopic (exact) mass is 268 g/mol. The zero-order valence-electron chi connectivity index (χ0n) is 11.8. The molecule has 0 aromatic carbocycles. The third-order valence-corrected chi connectivity index (χ3v) is 3.95. The van der Waals surface area contributed by atoms with Crippen LogP contribution in [0, 0.1) is 5.92 Å². The molecule has 2 rings (SSSR count). The molecular formula is C14H24N2O3. The molecule has 2 atom stereocenters. The van der Waals surface area contributed by atoms with E-state index < -0.39 is 6.10 Å². The molecule has 1 N–H and O–H groups in total. The molecule has 1 aromatic heterocycles. The van der Waals surface area contributed by atoms with E-state index in [1.54, 1.807) is 7.11 Å². The molecule has 0 bridgehead atoms. The summed E-state index contributed by atoms with van der Waals surface area (Å²) in [6.07, 6.45) is 6.78. The Morgan fingerprint density at radius 2 is 2.11 bits per heavy atom. The summed E-state index contributed by atoms with van der Waals surface area (Å²) in [4.78, 5) is 4.38. The first-order chi connectivity index (χ1) is 9.24. The molecule has 1 aliphatic rings. The highest BCUT2D eigenvalue weighted by Gasteiger charge is 2.29. The first-order valence-corrected chi connectivity index (χ1v) is 7.28. The Hall–Kier alpha value is -0.940. The lowest BCUT2D eigenvalue weighted by Crippen LogP contribution is -2.19. The van der Waals surface area contributed by atoms with Crippen molar-refractivity contribution in [2.45, 2.75) is 64.1 Å². The Morgan fingerprint density at radius 3 is 2.74 bits per heavy atom. The van der Waals surface area contributed by atoms with E-state index in [0.29, 0.717) is 30.5 Å². The van der Waals surface area contributed by atoms with E-state index in [1.165, 1.54) is 32.1 Å². The quantitative estimate of drug-likeness (QED) is 0.859. The SMILES string of the molecule is CCC(O)Cc1nc(C(OC)C2CCCCC2)no1. The molecule has 0 saturated heterocycles. The molecule has 0 amide bonds. The van der Waals surface area contributed by atoms with E-state index in [-0.39, 0.29) is 6.10 Å². The van der Waals surface area contributed by atoms with E-state index in [1.807, 2.05) is 6.92 Å². The number of rotatable bonds is 6. The van der Waals surface area contributed by atoms with Crippen LogP contribution in [0.5, 0.6) is 0 Å². The molecule has 5 nitrogen and oxygen atoms in total. The molecule has 5 heteroatoms. The second-order valence-corrected chi connectivity index (χ2v) is 5.37. The average Bonchev–Trinajstić information content (AvgIpc) is 2.89. The Kier molecular flexibility index (Phi) is 5.34. The molecule has 1 aliphatic carbocycles. The number of ether oxygens (including phenoxy) is 1. The van der Waals surface area contributed by atoms with Gasteiger partial charge in [0.05, 0.1) is 12.5 Å². The van der Waals surface area contributed by atoms with Gasteiger partial charge in [-0.1, -0.05) is 31.3 Å². The zero-order valence-corrected chi connectivity index (χ0v) is 11.8. The van der Waals surface area contributed by atoms with Crippen molar-refractivity contribution >= 4 is 0 Å². The maximum atomic E-state index is 9.61. The number of nitrogens with zero attached hydrogens (tertiary/aromatic N) is 2. The Labute approximate surface area is 114 Å². The number of aliphatic hydroxyl groups is 1. The molecular weight excluding hydrogens is 244 g/mol. The third kappa shape index (κ3) is 3.76. The number of hydrogen-bond acceptors (Lipinski definition) is 5. The number of aromatic nitrogens is 2. The summed E-state index contributed by atoms with van der Waals surface area (Å²) in [5.74, 6) is 1.62. The standard InChI is InChI=1S/C14H24N2O3/c1-3-11(17)9-12-15-14(16-19-12)13(18-2)10-7-5-4-6-8-10/h10-11,13,17H,3-9H2,1-2H3. The fourth-order valence-electron chi connectivity index (χ4n) is 2.76. The Balaban J connectivity index is 2.02. The van der Waals surface area contributed by atoms with E-state index in [2.05, 4.69) is 10.1 Å². The highest BCUT2D eigenvalue weighted by molar-refractivity contribution is 4.95. The van der Waals surface area contributed by atoms with Crippen LogP contribution in [0.15, 0.2) is 4.52 Å². The minimum Gasteiger partial charge on any atom is -0.393 e. The summed E-state index contributed by atoms with van der Waals surface area (Å²) in [6, 6.07) is 0.